The van der Waals surface area contributed by atoms with Crippen molar-refractivity contribution in [2.75, 3.05) is 5.32 Å². The fourth-order valence-corrected chi connectivity index (χ4v) is 2.09. The molecule has 1 heterocycles. The first-order chi connectivity index (χ1) is 9.06. The number of nitrogens with one attached hydrogen (secondary N) is 1. The van der Waals surface area contributed by atoms with Crippen LogP contribution in [0.4, 0.5) is 14.5 Å². The van der Waals surface area contributed by atoms with Crippen LogP contribution >= 0.6 is 15.9 Å². The zero-order valence-electron chi connectivity index (χ0n) is 10.3. The number of pyridine rings is 1. The summed E-state index contributed by atoms with van der Waals surface area (Å²) in [7, 11) is 0. The number of aryl methyl sites for hydroxylation is 1. The Bertz CT molecular complexity index is 556. The molecular weight excluding hydrogens is 314 g/mol. The first kappa shape index (κ1) is 13.9. The lowest BCUT2D eigenvalue weighted by Crippen LogP contribution is -2.02. The van der Waals surface area contributed by atoms with E-state index in [1.54, 1.807) is 12.1 Å². The fraction of sp³-hybridized carbons (Fsp3) is 0.214. The van der Waals surface area contributed by atoms with E-state index in [0.717, 1.165) is 21.5 Å². The molecule has 0 aliphatic carbocycles. The Morgan fingerprint density at radius 2 is 1.84 bits per heavy atom. The summed E-state index contributed by atoms with van der Waals surface area (Å²) in [6.45, 7) is 2.49. The van der Waals surface area contributed by atoms with Crippen molar-refractivity contribution in [1.82, 2.24) is 4.98 Å². The summed E-state index contributed by atoms with van der Waals surface area (Å²) in [5.74, 6) is 0. The highest BCUT2D eigenvalue weighted by atomic mass is 79.9. The lowest BCUT2D eigenvalue weighted by atomic mass is 10.1. The lowest BCUT2D eigenvalue weighted by Gasteiger charge is -2.09. The van der Waals surface area contributed by atoms with Gasteiger partial charge in [0.05, 0.1) is 11.4 Å². The van der Waals surface area contributed by atoms with E-state index in [-0.39, 0.29) is 5.56 Å². The van der Waals surface area contributed by atoms with Crippen molar-refractivity contribution in [2.45, 2.75) is 19.9 Å². The monoisotopic (exact) mass is 326 g/mol. The molecule has 2 aromatic rings. The predicted molar refractivity (Wildman–Crippen MR) is 75.4 cm³/mol. The van der Waals surface area contributed by atoms with Gasteiger partial charge in [-0.2, -0.15) is 0 Å². The minimum Gasteiger partial charge on any atom is -0.380 e. The van der Waals surface area contributed by atoms with E-state index >= 15 is 0 Å². The first-order valence-electron chi connectivity index (χ1n) is 5.80. The van der Waals surface area contributed by atoms with E-state index in [2.05, 4.69) is 26.2 Å². The Morgan fingerprint density at radius 1 is 1.16 bits per heavy atom. The van der Waals surface area contributed by atoms with Gasteiger partial charge < -0.3 is 5.32 Å². The summed E-state index contributed by atoms with van der Waals surface area (Å²) in [5.41, 5.74) is 2.82. The summed E-state index contributed by atoms with van der Waals surface area (Å²) in [6, 6.07) is 10.1. The van der Waals surface area contributed by atoms with Gasteiger partial charge in [0.25, 0.3) is 6.43 Å². The molecule has 1 N–H and O–H groups in total. The molecule has 0 spiro atoms. The van der Waals surface area contributed by atoms with Crippen LogP contribution in [0.25, 0.3) is 0 Å². The van der Waals surface area contributed by atoms with E-state index in [1.807, 2.05) is 19.1 Å². The van der Waals surface area contributed by atoms with Crippen LogP contribution in [0.1, 0.15) is 23.2 Å². The second-order valence-electron chi connectivity index (χ2n) is 4.16. The number of alkyl halides is 2. The van der Waals surface area contributed by atoms with Gasteiger partial charge in [-0.1, -0.05) is 24.3 Å². The molecule has 0 aliphatic rings. The highest BCUT2D eigenvalue weighted by Gasteiger charge is 2.06. The molecular formula is C14H13BrF2N2. The average molecular weight is 327 g/mol. The molecule has 2 rings (SSSR count). The van der Waals surface area contributed by atoms with Gasteiger partial charge in [0.2, 0.25) is 0 Å². The number of hydrogen-bond donors (Lipinski definition) is 1. The van der Waals surface area contributed by atoms with Crippen molar-refractivity contribution in [3.63, 3.8) is 0 Å². The molecule has 0 radical (unpaired) electrons. The zero-order chi connectivity index (χ0) is 13.8. The van der Waals surface area contributed by atoms with Crippen molar-refractivity contribution >= 4 is 21.6 Å². The molecule has 0 bridgehead atoms. The van der Waals surface area contributed by atoms with Crippen molar-refractivity contribution in [2.24, 2.45) is 0 Å². The summed E-state index contributed by atoms with van der Waals surface area (Å²) < 4.78 is 25.6. The lowest BCUT2D eigenvalue weighted by molar-refractivity contribution is 0.151. The van der Waals surface area contributed by atoms with Gasteiger partial charge in [0.1, 0.15) is 4.60 Å². The number of aromatic nitrogens is 1. The van der Waals surface area contributed by atoms with E-state index in [1.165, 1.54) is 12.1 Å². The van der Waals surface area contributed by atoms with Gasteiger partial charge in [-0.3, -0.25) is 0 Å². The quantitative estimate of drug-likeness (QED) is 0.823. The van der Waals surface area contributed by atoms with E-state index in [0.29, 0.717) is 6.54 Å². The molecule has 1 aromatic carbocycles. The van der Waals surface area contributed by atoms with Crippen LogP contribution in [0.2, 0.25) is 0 Å². The molecule has 100 valence electrons. The topological polar surface area (TPSA) is 24.9 Å². The molecule has 0 amide bonds. The predicted octanol–water partition coefficient (Wildman–Crippen LogP) is 4.70. The smallest absolute Gasteiger partial charge is 0.263 e. The fourth-order valence-electron chi connectivity index (χ4n) is 1.70. The molecule has 0 unspecified atom stereocenters. The van der Waals surface area contributed by atoms with Gasteiger partial charge in [-0.05, 0) is 40.5 Å². The molecule has 0 saturated heterocycles. The molecule has 2 nitrogen and oxygen atoms in total. The summed E-state index contributed by atoms with van der Waals surface area (Å²) in [4.78, 5) is 4.28. The Morgan fingerprint density at radius 3 is 2.42 bits per heavy atom. The number of hydrogen-bond acceptors (Lipinski definition) is 2. The second-order valence-corrected chi connectivity index (χ2v) is 4.98. The zero-order valence-corrected chi connectivity index (χ0v) is 11.9. The minimum absolute atomic E-state index is 0.0465. The van der Waals surface area contributed by atoms with Gasteiger partial charge in [-0.25, -0.2) is 13.8 Å². The molecule has 1 aromatic heterocycles. The third-order valence-corrected chi connectivity index (χ3v) is 3.21. The van der Waals surface area contributed by atoms with Crippen LogP contribution in [0, 0.1) is 6.92 Å². The van der Waals surface area contributed by atoms with Crippen LogP contribution in [0.15, 0.2) is 41.0 Å². The van der Waals surface area contributed by atoms with E-state index < -0.39 is 6.43 Å². The van der Waals surface area contributed by atoms with Crippen LogP contribution in [-0.4, -0.2) is 4.98 Å². The summed E-state index contributed by atoms with van der Waals surface area (Å²) in [5, 5.41) is 3.23. The minimum atomic E-state index is -2.42. The Balaban J connectivity index is 2.02. The van der Waals surface area contributed by atoms with Gasteiger partial charge in [0.15, 0.2) is 0 Å². The summed E-state index contributed by atoms with van der Waals surface area (Å²) >= 11 is 3.30. The average Bonchev–Trinajstić information content (AvgIpc) is 2.38. The van der Waals surface area contributed by atoms with Gasteiger partial charge >= 0.3 is 0 Å². The van der Waals surface area contributed by atoms with Crippen molar-refractivity contribution in [3.8, 4) is 0 Å². The third-order valence-electron chi connectivity index (χ3n) is 2.77. The second kappa shape index (κ2) is 6.10. The largest absolute Gasteiger partial charge is 0.380 e. The van der Waals surface area contributed by atoms with Crippen LogP contribution in [0.3, 0.4) is 0 Å². The maximum atomic E-state index is 12.4. The van der Waals surface area contributed by atoms with Crippen molar-refractivity contribution in [3.05, 3.63) is 57.8 Å². The SMILES string of the molecule is Cc1nc(Br)ccc1NCc1ccc(C(F)F)cc1. The van der Waals surface area contributed by atoms with Crippen LogP contribution in [-0.2, 0) is 6.54 Å². The Hall–Kier alpha value is -1.49. The third kappa shape index (κ3) is 3.73. The normalized spacial score (nSPS) is 10.8. The number of anilines is 1. The maximum Gasteiger partial charge on any atom is 0.263 e. The van der Waals surface area contributed by atoms with Crippen LogP contribution < -0.4 is 5.32 Å². The molecule has 0 fully saturated rings. The number of rotatable bonds is 4. The molecule has 19 heavy (non-hydrogen) atoms. The van der Waals surface area contributed by atoms with Crippen molar-refractivity contribution < 1.29 is 8.78 Å². The molecule has 5 heteroatoms. The summed E-state index contributed by atoms with van der Waals surface area (Å²) in [6.07, 6.45) is -2.42. The molecule has 0 saturated carbocycles. The number of nitrogens with zero attached hydrogens (tertiary/aromatic N) is 1. The number of halogens is 3. The van der Waals surface area contributed by atoms with Gasteiger partial charge in [-0.15, -0.1) is 0 Å². The number of benzene rings is 1. The highest BCUT2D eigenvalue weighted by molar-refractivity contribution is 9.10. The Kier molecular flexibility index (Phi) is 4.47. The van der Waals surface area contributed by atoms with Crippen LogP contribution in [0.5, 0.6) is 0 Å². The standard InChI is InChI=1S/C14H13BrF2N2/c1-9-12(6-7-13(15)19-9)18-8-10-2-4-11(5-3-10)14(16)17/h2-7,14,18H,8H2,1H3. The van der Waals surface area contributed by atoms with E-state index in [9.17, 15) is 8.78 Å². The highest BCUT2D eigenvalue weighted by Crippen LogP contribution is 2.20. The Labute approximate surface area is 119 Å². The first-order valence-corrected chi connectivity index (χ1v) is 6.59. The molecule has 0 atom stereocenters. The van der Waals surface area contributed by atoms with Gasteiger partial charge in [0, 0.05) is 12.1 Å². The van der Waals surface area contributed by atoms with Crippen molar-refractivity contribution in [1.29, 1.82) is 0 Å². The molecule has 0 aliphatic heterocycles. The van der Waals surface area contributed by atoms with E-state index in [4.69, 9.17) is 0 Å². The maximum absolute atomic E-state index is 12.4.